The van der Waals surface area contributed by atoms with E-state index in [-0.39, 0.29) is 0 Å². The van der Waals surface area contributed by atoms with Crippen LogP contribution in [0.3, 0.4) is 0 Å². The molecule has 0 aliphatic carbocycles. The van der Waals surface area contributed by atoms with Crippen LogP contribution in [0.5, 0.6) is 0 Å². The molecule has 0 radical (unpaired) electrons. The molecule has 3 heteroatoms. The molecule has 0 bridgehead atoms. The van der Waals surface area contributed by atoms with Gasteiger partial charge in [0.2, 0.25) is 0 Å². The van der Waals surface area contributed by atoms with Crippen LogP contribution in [-0.4, -0.2) is 23.1 Å². The third-order valence-electron chi connectivity index (χ3n) is 2.85. The molecule has 2 atom stereocenters. The van der Waals surface area contributed by atoms with Crippen LogP contribution < -0.4 is 5.32 Å². The third-order valence-corrected chi connectivity index (χ3v) is 2.85. The Kier molecular flexibility index (Phi) is 4.14. The Bertz CT molecular complexity index is 267. The van der Waals surface area contributed by atoms with Crippen molar-refractivity contribution in [3.05, 3.63) is 18.2 Å². The van der Waals surface area contributed by atoms with Crippen LogP contribution >= 0.6 is 0 Å². The van der Waals surface area contributed by atoms with E-state index < -0.39 is 0 Å². The minimum absolute atomic E-state index is 0.514. The average molecular weight is 195 g/mol. The van der Waals surface area contributed by atoms with Crippen LogP contribution in [0.25, 0.3) is 0 Å². The molecule has 2 unspecified atom stereocenters. The quantitative estimate of drug-likeness (QED) is 0.777. The SMILES string of the molecule is CCc1nccn1C(C)C(C)CNC. The summed E-state index contributed by atoms with van der Waals surface area (Å²) in [6.07, 6.45) is 4.97. The van der Waals surface area contributed by atoms with Crippen LogP contribution in [0.15, 0.2) is 12.4 Å². The zero-order chi connectivity index (χ0) is 10.6. The van der Waals surface area contributed by atoms with E-state index in [1.807, 2.05) is 13.2 Å². The van der Waals surface area contributed by atoms with E-state index in [1.165, 1.54) is 5.82 Å². The predicted molar refractivity (Wildman–Crippen MR) is 59.4 cm³/mol. The summed E-state index contributed by atoms with van der Waals surface area (Å²) in [4.78, 5) is 4.34. The Hall–Kier alpha value is -0.830. The summed E-state index contributed by atoms with van der Waals surface area (Å²) in [6.45, 7) is 7.71. The monoisotopic (exact) mass is 195 g/mol. The van der Waals surface area contributed by atoms with Crippen molar-refractivity contribution in [1.82, 2.24) is 14.9 Å². The Balaban J connectivity index is 2.72. The molecule has 1 aromatic rings. The van der Waals surface area contributed by atoms with Gasteiger partial charge in [0.15, 0.2) is 0 Å². The van der Waals surface area contributed by atoms with E-state index in [0.717, 1.165) is 13.0 Å². The highest BCUT2D eigenvalue weighted by Gasteiger charge is 2.14. The van der Waals surface area contributed by atoms with Crippen LogP contribution in [0.1, 0.15) is 32.6 Å². The molecule has 0 spiro atoms. The predicted octanol–water partition coefficient (Wildman–Crippen LogP) is 1.86. The van der Waals surface area contributed by atoms with Crippen LogP contribution in [0, 0.1) is 5.92 Å². The number of imidazole rings is 1. The fourth-order valence-electron chi connectivity index (χ4n) is 1.76. The average Bonchev–Trinajstić information content (AvgIpc) is 2.64. The molecule has 0 fully saturated rings. The number of rotatable bonds is 5. The maximum Gasteiger partial charge on any atom is 0.108 e. The van der Waals surface area contributed by atoms with Gasteiger partial charge in [0.1, 0.15) is 5.82 Å². The number of nitrogens with one attached hydrogen (secondary N) is 1. The summed E-state index contributed by atoms with van der Waals surface area (Å²) in [7, 11) is 2.00. The fraction of sp³-hybridized carbons (Fsp3) is 0.727. The zero-order valence-electron chi connectivity index (χ0n) is 9.62. The van der Waals surface area contributed by atoms with Gasteiger partial charge in [-0.05, 0) is 26.4 Å². The van der Waals surface area contributed by atoms with E-state index in [4.69, 9.17) is 0 Å². The minimum Gasteiger partial charge on any atom is -0.332 e. The van der Waals surface area contributed by atoms with Crippen LogP contribution in [0.2, 0.25) is 0 Å². The van der Waals surface area contributed by atoms with Gasteiger partial charge in [0, 0.05) is 24.9 Å². The molecule has 0 saturated carbocycles. The molecular formula is C11H21N3. The Labute approximate surface area is 86.5 Å². The second-order valence-electron chi connectivity index (χ2n) is 3.88. The summed E-state index contributed by atoms with van der Waals surface area (Å²) in [5.74, 6) is 1.81. The summed E-state index contributed by atoms with van der Waals surface area (Å²) < 4.78 is 2.28. The Morgan fingerprint density at radius 1 is 1.50 bits per heavy atom. The largest absolute Gasteiger partial charge is 0.332 e. The van der Waals surface area contributed by atoms with Crippen molar-refractivity contribution in [1.29, 1.82) is 0 Å². The van der Waals surface area contributed by atoms with E-state index in [0.29, 0.717) is 12.0 Å². The van der Waals surface area contributed by atoms with Gasteiger partial charge in [-0.25, -0.2) is 4.98 Å². The summed E-state index contributed by atoms with van der Waals surface area (Å²) in [6, 6.07) is 0.514. The van der Waals surface area contributed by atoms with Crippen molar-refractivity contribution in [2.75, 3.05) is 13.6 Å². The van der Waals surface area contributed by atoms with Gasteiger partial charge < -0.3 is 9.88 Å². The van der Waals surface area contributed by atoms with E-state index in [1.54, 1.807) is 0 Å². The second kappa shape index (κ2) is 5.15. The van der Waals surface area contributed by atoms with Gasteiger partial charge in [-0.2, -0.15) is 0 Å². The molecule has 1 aromatic heterocycles. The standard InChI is InChI=1S/C11H21N3/c1-5-11-13-6-7-14(11)10(3)9(2)8-12-4/h6-7,9-10,12H,5,8H2,1-4H3. The first-order valence-corrected chi connectivity index (χ1v) is 5.37. The van der Waals surface area contributed by atoms with Crippen molar-refractivity contribution in [3.63, 3.8) is 0 Å². The zero-order valence-corrected chi connectivity index (χ0v) is 9.62. The molecule has 0 saturated heterocycles. The molecule has 0 aliphatic rings. The van der Waals surface area contributed by atoms with Crippen molar-refractivity contribution >= 4 is 0 Å². The smallest absolute Gasteiger partial charge is 0.108 e. The fourth-order valence-corrected chi connectivity index (χ4v) is 1.76. The molecule has 0 aromatic carbocycles. The van der Waals surface area contributed by atoms with Gasteiger partial charge in [0.25, 0.3) is 0 Å². The number of hydrogen-bond donors (Lipinski definition) is 1. The van der Waals surface area contributed by atoms with Crippen molar-refractivity contribution in [2.24, 2.45) is 5.92 Å². The Morgan fingerprint density at radius 2 is 2.21 bits per heavy atom. The lowest BCUT2D eigenvalue weighted by molar-refractivity contribution is 0.362. The topological polar surface area (TPSA) is 29.9 Å². The van der Waals surface area contributed by atoms with Crippen molar-refractivity contribution < 1.29 is 0 Å². The molecule has 1 rings (SSSR count). The molecule has 3 nitrogen and oxygen atoms in total. The molecule has 14 heavy (non-hydrogen) atoms. The lowest BCUT2D eigenvalue weighted by Crippen LogP contribution is -2.24. The molecule has 0 amide bonds. The van der Waals surface area contributed by atoms with E-state index in [2.05, 4.69) is 41.8 Å². The number of aromatic nitrogens is 2. The lowest BCUT2D eigenvalue weighted by Gasteiger charge is -2.22. The highest BCUT2D eigenvalue weighted by Crippen LogP contribution is 2.18. The second-order valence-corrected chi connectivity index (χ2v) is 3.88. The summed E-state index contributed by atoms with van der Waals surface area (Å²) in [5.41, 5.74) is 0. The first kappa shape index (κ1) is 11.2. The molecule has 1 heterocycles. The van der Waals surface area contributed by atoms with Crippen LogP contribution in [0.4, 0.5) is 0 Å². The minimum atomic E-state index is 0.514. The van der Waals surface area contributed by atoms with Crippen LogP contribution in [-0.2, 0) is 6.42 Å². The number of hydrogen-bond acceptors (Lipinski definition) is 2. The third kappa shape index (κ3) is 2.35. The van der Waals surface area contributed by atoms with Crippen molar-refractivity contribution in [3.8, 4) is 0 Å². The first-order valence-electron chi connectivity index (χ1n) is 5.37. The van der Waals surface area contributed by atoms with Gasteiger partial charge in [0.05, 0.1) is 0 Å². The number of aryl methyl sites for hydroxylation is 1. The molecular weight excluding hydrogens is 174 g/mol. The van der Waals surface area contributed by atoms with Gasteiger partial charge in [-0.3, -0.25) is 0 Å². The normalized spacial score (nSPS) is 15.4. The molecule has 80 valence electrons. The first-order chi connectivity index (χ1) is 6.70. The van der Waals surface area contributed by atoms with Gasteiger partial charge in [-0.1, -0.05) is 13.8 Å². The lowest BCUT2D eigenvalue weighted by atomic mass is 10.0. The van der Waals surface area contributed by atoms with E-state index in [9.17, 15) is 0 Å². The van der Waals surface area contributed by atoms with Gasteiger partial charge >= 0.3 is 0 Å². The van der Waals surface area contributed by atoms with Crippen molar-refractivity contribution in [2.45, 2.75) is 33.2 Å². The van der Waals surface area contributed by atoms with Gasteiger partial charge in [-0.15, -0.1) is 0 Å². The highest BCUT2D eigenvalue weighted by molar-refractivity contribution is 4.95. The molecule has 0 aliphatic heterocycles. The molecule has 1 N–H and O–H groups in total. The maximum absolute atomic E-state index is 4.34. The Morgan fingerprint density at radius 3 is 2.79 bits per heavy atom. The van der Waals surface area contributed by atoms with E-state index >= 15 is 0 Å². The summed E-state index contributed by atoms with van der Waals surface area (Å²) >= 11 is 0. The highest BCUT2D eigenvalue weighted by atomic mass is 15.1. The maximum atomic E-state index is 4.34. The number of nitrogens with zero attached hydrogens (tertiary/aromatic N) is 2. The summed E-state index contributed by atoms with van der Waals surface area (Å²) in [5, 5.41) is 3.21.